The van der Waals surface area contributed by atoms with Gasteiger partial charge in [-0.3, -0.25) is 9.69 Å². The third-order valence-electron chi connectivity index (χ3n) is 7.55. The van der Waals surface area contributed by atoms with Crippen LogP contribution in [0.3, 0.4) is 0 Å². The molecular formula is C30H40N2O6. The maximum absolute atomic E-state index is 13.6. The Labute approximate surface area is 224 Å². The monoisotopic (exact) mass is 524 g/mol. The third kappa shape index (κ3) is 6.35. The van der Waals surface area contributed by atoms with E-state index < -0.39 is 41.4 Å². The molecule has 0 aliphatic heterocycles. The van der Waals surface area contributed by atoms with E-state index in [9.17, 15) is 24.6 Å². The Morgan fingerprint density at radius 1 is 0.947 bits per heavy atom. The second-order valence-electron chi connectivity index (χ2n) is 11.5. The number of carboxylic acid groups (broad SMARTS) is 2. The Morgan fingerprint density at radius 3 is 1.95 bits per heavy atom. The van der Waals surface area contributed by atoms with Crippen LogP contribution in [-0.2, 0) is 14.3 Å². The minimum atomic E-state index is -1.22. The summed E-state index contributed by atoms with van der Waals surface area (Å²) < 4.78 is 5.86. The lowest BCUT2D eigenvalue weighted by Gasteiger charge is -2.41. The number of ether oxygens (including phenoxy) is 1. The van der Waals surface area contributed by atoms with Crippen LogP contribution in [0.4, 0.5) is 4.79 Å². The molecule has 4 N–H and O–H groups in total. The SMILES string of the molecule is CC(C)CCN(C(=O)OCC1c2ccccc2-c2ccccc21)C(C(=O)O)C(C)(C)CC(C)C(N)C(=O)O. The molecule has 1 aliphatic rings. The number of carboxylic acids is 2. The molecule has 1 amide bonds. The predicted octanol–water partition coefficient (Wildman–Crippen LogP) is 5.20. The van der Waals surface area contributed by atoms with E-state index in [0.717, 1.165) is 22.3 Å². The largest absolute Gasteiger partial charge is 0.480 e. The predicted molar refractivity (Wildman–Crippen MR) is 146 cm³/mol. The second-order valence-corrected chi connectivity index (χ2v) is 11.5. The van der Waals surface area contributed by atoms with Gasteiger partial charge in [0.1, 0.15) is 18.7 Å². The van der Waals surface area contributed by atoms with Gasteiger partial charge in [0.15, 0.2) is 0 Å². The molecule has 3 rings (SSSR count). The molecule has 0 spiro atoms. The molecule has 0 aromatic heterocycles. The standard InChI is InChI=1S/C30H40N2O6/c1-18(2)14-15-32(26(28(35)36)30(4,5)16-19(3)25(31)27(33)34)29(37)38-17-24-22-12-8-6-10-20(22)21-11-7-9-13-23(21)24/h6-13,18-19,24-26H,14-17,31H2,1-5H3,(H,33,34)(H,35,36). The van der Waals surface area contributed by atoms with Gasteiger partial charge in [-0.1, -0.05) is 83.1 Å². The molecule has 0 saturated heterocycles. The summed E-state index contributed by atoms with van der Waals surface area (Å²) in [5.74, 6) is -2.73. The molecule has 1 aliphatic carbocycles. The van der Waals surface area contributed by atoms with Crippen molar-refractivity contribution in [2.24, 2.45) is 23.0 Å². The molecule has 2 aromatic rings. The molecule has 0 fully saturated rings. The summed E-state index contributed by atoms with van der Waals surface area (Å²) >= 11 is 0. The number of hydrogen-bond acceptors (Lipinski definition) is 5. The van der Waals surface area contributed by atoms with Crippen molar-refractivity contribution < 1.29 is 29.3 Å². The summed E-state index contributed by atoms with van der Waals surface area (Å²) in [6.45, 7) is 9.44. The number of benzene rings is 2. The molecule has 2 aromatic carbocycles. The van der Waals surface area contributed by atoms with Crippen LogP contribution in [0.15, 0.2) is 48.5 Å². The van der Waals surface area contributed by atoms with E-state index in [0.29, 0.717) is 6.42 Å². The lowest BCUT2D eigenvalue weighted by molar-refractivity contribution is -0.148. The Kier molecular flexibility index (Phi) is 9.20. The van der Waals surface area contributed by atoms with Gasteiger partial charge in [0.2, 0.25) is 0 Å². The van der Waals surface area contributed by atoms with Gasteiger partial charge in [-0.2, -0.15) is 0 Å². The van der Waals surface area contributed by atoms with Crippen LogP contribution in [0.2, 0.25) is 0 Å². The van der Waals surface area contributed by atoms with Gasteiger partial charge >= 0.3 is 18.0 Å². The highest BCUT2D eigenvalue weighted by atomic mass is 16.6. The molecule has 0 heterocycles. The highest BCUT2D eigenvalue weighted by molar-refractivity contribution is 5.82. The first-order valence-corrected chi connectivity index (χ1v) is 13.2. The van der Waals surface area contributed by atoms with E-state index in [4.69, 9.17) is 10.5 Å². The minimum Gasteiger partial charge on any atom is -0.480 e. The summed E-state index contributed by atoms with van der Waals surface area (Å²) in [6.07, 6.45) is 0.101. The first-order chi connectivity index (χ1) is 17.8. The van der Waals surface area contributed by atoms with Crippen LogP contribution in [0, 0.1) is 17.3 Å². The molecule has 206 valence electrons. The number of rotatable bonds is 12. The highest BCUT2D eigenvalue weighted by Crippen LogP contribution is 2.44. The maximum Gasteiger partial charge on any atom is 0.410 e. The van der Waals surface area contributed by atoms with Gasteiger partial charge in [-0.15, -0.1) is 0 Å². The van der Waals surface area contributed by atoms with Crippen molar-refractivity contribution in [2.75, 3.05) is 13.2 Å². The smallest absolute Gasteiger partial charge is 0.410 e. The number of hydrogen-bond donors (Lipinski definition) is 3. The average Bonchev–Trinajstić information content (AvgIpc) is 3.17. The Morgan fingerprint density at radius 2 is 1.47 bits per heavy atom. The van der Waals surface area contributed by atoms with Crippen molar-refractivity contribution in [1.82, 2.24) is 4.90 Å². The fourth-order valence-corrected chi connectivity index (χ4v) is 5.60. The van der Waals surface area contributed by atoms with E-state index in [1.807, 2.05) is 50.2 Å². The van der Waals surface area contributed by atoms with Gasteiger partial charge in [0, 0.05) is 12.5 Å². The number of amides is 1. The zero-order chi connectivity index (χ0) is 28.2. The highest BCUT2D eigenvalue weighted by Gasteiger charge is 2.44. The van der Waals surface area contributed by atoms with Gasteiger partial charge in [-0.25, -0.2) is 9.59 Å². The summed E-state index contributed by atoms with van der Waals surface area (Å²) in [5, 5.41) is 19.6. The molecule has 0 bridgehead atoms. The first kappa shape index (κ1) is 29.2. The third-order valence-corrected chi connectivity index (χ3v) is 7.55. The van der Waals surface area contributed by atoms with Crippen molar-refractivity contribution in [3.63, 3.8) is 0 Å². The van der Waals surface area contributed by atoms with Crippen LogP contribution in [0.5, 0.6) is 0 Å². The van der Waals surface area contributed by atoms with Crippen molar-refractivity contribution in [2.45, 2.75) is 65.5 Å². The number of carbonyl (C=O) groups excluding carboxylic acids is 1. The van der Waals surface area contributed by atoms with E-state index in [-0.39, 0.29) is 31.4 Å². The minimum absolute atomic E-state index is 0.0814. The summed E-state index contributed by atoms with van der Waals surface area (Å²) in [4.78, 5) is 38.9. The average molecular weight is 525 g/mol. The van der Waals surface area contributed by atoms with Crippen molar-refractivity contribution in [1.29, 1.82) is 0 Å². The number of nitrogens with two attached hydrogens (primary N) is 1. The molecular weight excluding hydrogens is 484 g/mol. The number of aliphatic carboxylic acids is 2. The Hall–Kier alpha value is -3.39. The second kappa shape index (κ2) is 12.0. The molecule has 0 saturated carbocycles. The number of fused-ring (bicyclic) bond motifs is 3. The van der Waals surface area contributed by atoms with Gasteiger partial charge in [-0.05, 0) is 52.3 Å². The maximum atomic E-state index is 13.6. The summed E-state index contributed by atoms with van der Waals surface area (Å²) in [5.41, 5.74) is 9.20. The van der Waals surface area contributed by atoms with Crippen molar-refractivity contribution >= 4 is 18.0 Å². The van der Waals surface area contributed by atoms with E-state index in [1.165, 1.54) is 4.90 Å². The fraction of sp³-hybridized carbons (Fsp3) is 0.500. The van der Waals surface area contributed by atoms with Crippen LogP contribution in [0.1, 0.15) is 64.5 Å². The first-order valence-electron chi connectivity index (χ1n) is 13.2. The normalized spacial score (nSPS) is 15.3. The fourth-order valence-electron chi connectivity index (χ4n) is 5.60. The Bertz CT molecular complexity index is 1120. The van der Waals surface area contributed by atoms with E-state index in [2.05, 4.69) is 12.1 Å². The van der Waals surface area contributed by atoms with Crippen molar-refractivity contribution in [3.8, 4) is 11.1 Å². The lowest BCUT2D eigenvalue weighted by atomic mass is 9.74. The number of carbonyl (C=O) groups is 3. The topological polar surface area (TPSA) is 130 Å². The van der Waals surface area contributed by atoms with Gasteiger partial charge < -0.3 is 20.7 Å². The molecule has 38 heavy (non-hydrogen) atoms. The molecule has 8 heteroatoms. The summed E-state index contributed by atoms with van der Waals surface area (Å²) in [7, 11) is 0. The van der Waals surface area contributed by atoms with Crippen LogP contribution in [-0.4, -0.2) is 58.4 Å². The van der Waals surface area contributed by atoms with Crippen LogP contribution in [0.25, 0.3) is 11.1 Å². The molecule has 0 radical (unpaired) electrons. The van der Waals surface area contributed by atoms with Crippen LogP contribution < -0.4 is 5.73 Å². The lowest BCUT2D eigenvalue weighted by Crippen LogP contribution is -2.55. The van der Waals surface area contributed by atoms with Crippen LogP contribution >= 0.6 is 0 Å². The van der Waals surface area contributed by atoms with Crippen molar-refractivity contribution in [3.05, 3.63) is 59.7 Å². The van der Waals surface area contributed by atoms with Gasteiger partial charge in [0.25, 0.3) is 0 Å². The molecule has 3 unspecified atom stereocenters. The zero-order valence-electron chi connectivity index (χ0n) is 22.9. The van der Waals surface area contributed by atoms with Gasteiger partial charge in [0.05, 0.1) is 0 Å². The molecule has 8 nitrogen and oxygen atoms in total. The quantitative estimate of drug-likeness (QED) is 0.348. The van der Waals surface area contributed by atoms with E-state index >= 15 is 0 Å². The van der Waals surface area contributed by atoms with E-state index in [1.54, 1.807) is 20.8 Å². The number of nitrogens with zero attached hydrogens (tertiary/aromatic N) is 1. The zero-order valence-corrected chi connectivity index (χ0v) is 22.9. The summed E-state index contributed by atoms with van der Waals surface area (Å²) in [6, 6.07) is 13.7. The molecule has 3 atom stereocenters. The Balaban J connectivity index is 1.86.